The Kier molecular flexibility index (Phi) is 7.65. The van der Waals surface area contributed by atoms with E-state index in [0.29, 0.717) is 45.8 Å². The van der Waals surface area contributed by atoms with Crippen LogP contribution >= 0.6 is 11.8 Å². The molecule has 0 unspecified atom stereocenters. The van der Waals surface area contributed by atoms with Crippen molar-refractivity contribution >= 4 is 29.3 Å². The van der Waals surface area contributed by atoms with Crippen LogP contribution < -0.4 is 15.1 Å². The van der Waals surface area contributed by atoms with Crippen LogP contribution in [0, 0.1) is 0 Å². The molecular weight excluding hydrogens is 516 g/mol. The average Bonchev–Trinajstić information content (AvgIpc) is 3.42. The Morgan fingerprint density at radius 1 is 1.10 bits per heavy atom. The number of furan rings is 1. The summed E-state index contributed by atoms with van der Waals surface area (Å²) in [6.07, 6.45) is 1.20. The lowest BCUT2D eigenvalue weighted by Gasteiger charge is -2.30. The molecule has 0 fully saturated rings. The minimum atomic E-state index is -0.812. The molecule has 0 saturated carbocycles. The molecule has 1 aliphatic rings. The zero-order valence-electron chi connectivity index (χ0n) is 22.0. The average molecular weight is 546 g/mol. The zero-order valence-corrected chi connectivity index (χ0v) is 22.8. The number of nitrogens with zero attached hydrogens (tertiary/aromatic N) is 3. The number of ether oxygens (including phenoxy) is 1. The van der Waals surface area contributed by atoms with Gasteiger partial charge in [-0.15, -0.1) is 0 Å². The molecule has 39 heavy (non-hydrogen) atoms. The van der Waals surface area contributed by atoms with Gasteiger partial charge in [0.05, 0.1) is 23.4 Å². The fourth-order valence-corrected chi connectivity index (χ4v) is 5.52. The molecule has 200 valence electrons. The smallest absolute Gasteiger partial charge is 0.338 e. The number of H-pyrrole nitrogens is 1. The van der Waals surface area contributed by atoms with Gasteiger partial charge >= 0.3 is 23.4 Å². The second-order valence-electron chi connectivity index (χ2n) is 9.03. The third-order valence-electron chi connectivity index (χ3n) is 6.40. The number of para-hydroxylation sites is 1. The predicted molar refractivity (Wildman–Crippen MR) is 148 cm³/mol. The van der Waals surface area contributed by atoms with E-state index in [4.69, 9.17) is 14.3 Å². The third-order valence-corrected chi connectivity index (χ3v) is 7.35. The lowest BCUT2D eigenvalue weighted by Crippen LogP contribution is -2.60. The van der Waals surface area contributed by atoms with Crippen molar-refractivity contribution in [2.24, 2.45) is 0 Å². The molecule has 9 nitrogen and oxygen atoms in total. The zero-order chi connectivity index (χ0) is 27.5. The minimum absolute atomic E-state index is 0.218. The minimum Gasteiger partial charge on any atom is -0.462 e. The van der Waals surface area contributed by atoms with Crippen LogP contribution in [0.1, 0.15) is 55.9 Å². The highest BCUT2D eigenvalue weighted by atomic mass is 32.2. The summed E-state index contributed by atoms with van der Waals surface area (Å²) < 4.78 is 12.9. The first-order chi connectivity index (χ1) is 18.9. The van der Waals surface area contributed by atoms with Crippen LogP contribution in [0.3, 0.4) is 0 Å². The van der Waals surface area contributed by atoms with E-state index in [-0.39, 0.29) is 17.4 Å². The second kappa shape index (κ2) is 11.3. The first kappa shape index (κ1) is 26.4. The Morgan fingerprint density at radius 2 is 1.87 bits per heavy atom. The van der Waals surface area contributed by atoms with Gasteiger partial charge in [-0.2, -0.15) is 0 Å². The van der Waals surface area contributed by atoms with Crippen molar-refractivity contribution < 1.29 is 23.4 Å². The number of hydrogen-bond donors (Lipinski definition) is 1. The summed E-state index contributed by atoms with van der Waals surface area (Å²) in [4.78, 5) is 43.0. The molecule has 0 radical (unpaired) electrons. The van der Waals surface area contributed by atoms with Crippen molar-refractivity contribution in [1.82, 2.24) is 10.1 Å². The fourth-order valence-electron chi connectivity index (χ4n) is 4.58. The van der Waals surface area contributed by atoms with Crippen LogP contribution in [0.4, 0.5) is 5.69 Å². The number of carbonyl (C=O) groups excluding carboxylic acids is 2. The number of aromatic nitrogens is 3. The Balaban J connectivity index is 1.60. The molecule has 1 aliphatic heterocycles. The number of carbonyl (C=O) groups is 2. The highest BCUT2D eigenvalue weighted by Gasteiger charge is 2.46. The maximum absolute atomic E-state index is 13.4. The molecule has 2 aromatic heterocycles. The van der Waals surface area contributed by atoms with Crippen molar-refractivity contribution in [1.29, 1.82) is 0 Å². The maximum Gasteiger partial charge on any atom is 0.338 e. The Bertz CT molecular complexity index is 1580. The van der Waals surface area contributed by atoms with Gasteiger partial charge in [-0.1, -0.05) is 49.4 Å². The highest BCUT2D eigenvalue weighted by Crippen LogP contribution is 2.38. The molecule has 3 heterocycles. The number of amides is 1. The number of esters is 1. The quantitative estimate of drug-likeness (QED) is 0.144. The number of nitrogens with one attached hydrogen (secondary N) is 1. The highest BCUT2D eigenvalue weighted by molar-refractivity contribution is 7.99. The van der Waals surface area contributed by atoms with Gasteiger partial charge in [0.25, 0.3) is 0 Å². The number of unbranched alkanes of at least 4 members (excludes halogenated alkanes) is 1. The maximum atomic E-state index is 13.4. The molecule has 1 N–H and O–H groups in total. The van der Waals surface area contributed by atoms with Crippen molar-refractivity contribution in [3.05, 3.63) is 82.3 Å². The van der Waals surface area contributed by atoms with E-state index < -0.39 is 6.17 Å². The summed E-state index contributed by atoms with van der Waals surface area (Å²) in [6, 6.07) is 17.8. The first-order valence-corrected chi connectivity index (χ1v) is 13.9. The monoisotopic (exact) mass is 545 g/mol. The predicted octanol–water partition coefficient (Wildman–Crippen LogP) is 4.97. The van der Waals surface area contributed by atoms with Crippen LogP contribution in [0.5, 0.6) is 0 Å². The van der Waals surface area contributed by atoms with Crippen LogP contribution in [-0.4, -0.2) is 34.3 Å². The summed E-state index contributed by atoms with van der Waals surface area (Å²) in [6.45, 7) is 5.65. The van der Waals surface area contributed by atoms with Gasteiger partial charge in [-0.3, -0.25) is 14.6 Å². The number of rotatable bonds is 8. The Hall–Kier alpha value is -4.18. The number of fused-ring (bicyclic) bond motifs is 3. The van der Waals surface area contributed by atoms with Gasteiger partial charge in [0.1, 0.15) is 5.76 Å². The normalized spacial score (nSPS) is 14.0. The summed E-state index contributed by atoms with van der Waals surface area (Å²) in [5.74, 6) is 1.19. The van der Waals surface area contributed by atoms with E-state index in [1.807, 2.05) is 24.3 Å². The van der Waals surface area contributed by atoms with Gasteiger partial charge in [0.2, 0.25) is 11.1 Å². The third kappa shape index (κ3) is 5.12. The van der Waals surface area contributed by atoms with Crippen LogP contribution in [0.2, 0.25) is 0 Å². The van der Waals surface area contributed by atoms with E-state index in [0.717, 1.165) is 24.2 Å². The molecule has 0 aliphatic carbocycles. The van der Waals surface area contributed by atoms with Gasteiger partial charge in [0, 0.05) is 23.3 Å². The SMILES string of the molecule is CCCCSc1n[n+]2c(c(=O)[nH]1)-c1ccccc1N(C(C)=O)[C@H]2c1ccc(-c2ccc(C(=O)OCC)cc2)o1. The fraction of sp³-hybridized carbons (Fsp3) is 0.276. The summed E-state index contributed by atoms with van der Waals surface area (Å²) in [5, 5.41) is 5.26. The van der Waals surface area contributed by atoms with Gasteiger partial charge in [-0.05, 0) is 54.4 Å². The molecule has 2 aromatic carbocycles. The van der Waals surface area contributed by atoms with E-state index in [1.165, 1.54) is 18.7 Å². The van der Waals surface area contributed by atoms with E-state index in [1.54, 1.807) is 52.9 Å². The molecule has 5 rings (SSSR count). The first-order valence-electron chi connectivity index (χ1n) is 12.9. The molecule has 1 atom stereocenters. The van der Waals surface area contributed by atoms with Crippen molar-refractivity contribution in [2.75, 3.05) is 17.3 Å². The number of thioether (sulfide) groups is 1. The Labute approximate surface area is 229 Å². The van der Waals surface area contributed by atoms with Gasteiger partial charge in [0.15, 0.2) is 5.76 Å². The second-order valence-corrected chi connectivity index (χ2v) is 10.1. The van der Waals surface area contributed by atoms with Crippen molar-refractivity contribution in [3.8, 4) is 22.6 Å². The molecule has 4 aromatic rings. The summed E-state index contributed by atoms with van der Waals surface area (Å²) in [7, 11) is 0. The van der Waals surface area contributed by atoms with Gasteiger partial charge in [-0.25, -0.2) is 9.69 Å². The topological polar surface area (TPSA) is 109 Å². The number of aromatic amines is 1. The lowest BCUT2D eigenvalue weighted by molar-refractivity contribution is -0.764. The van der Waals surface area contributed by atoms with E-state index >= 15 is 0 Å². The number of anilines is 1. The standard InChI is InChI=1S/C29H28N4O5S/c1-4-6-17-39-29-30-26(35)25-21-9-7-8-10-22(21)32(18(3)34)27(33(25)31-29)24-16-15-23(38-24)19-11-13-20(14-12-19)28(36)37-5-2/h7-16,27H,4-6,17H2,1-3H3/p+1/t27-/m1/s1. The van der Waals surface area contributed by atoms with E-state index in [2.05, 4.69) is 11.9 Å². The summed E-state index contributed by atoms with van der Waals surface area (Å²) >= 11 is 1.47. The summed E-state index contributed by atoms with van der Waals surface area (Å²) in [5.41, 5.74) is 2.48. The van der Waals surface area contributed by atoms with Crippen molar-refractivity contribution in [3.63, 3.8) is 0 Å². The van der Waals surface area contributed by atoms with Crippen LogP contribution in [0.15, 0.2) is 75.0 Å². The number of benzene rings is 2. The van der Waals surface area contributed by atoms with Gasteiger partial charge < -0.3 is 9.15 Å². The molecule has 0 saturated heterocycles. The number of hydrogen-bond acceptors (Lipinski definition) is 7. The molecule has 0 spiro atoms. The van der Waals surface area contributed by atoms with E-state index in [9.17, 15) is 14.4 Å². The molecular formula is C29H29N4O5S+. The van der Waals surface area contributed by atoms with Crippen molar-refractivity contribution in [2.45, 2.75) is 44.9 Å². The molecule has 10 heteroatoms. The molecule has 1 amide bonds. The lowest BCUT2D eigenvalue weighted by atomic mass is 10.0. The largest absolute Gasteiger partial charge is 0.462 e. The van der Waals surface area contributed by atoms with Crippen LogP contribution in [0.25, 0.3) is 22.6 Å². The Morgan fingerprint density at radius 3 is 2.59 bits per heavy atom. The molecule has 0 bridgehead atoms. The van der Waals surface area contributed by atoms with Crippen LogP contribution in [-0.2, 0) is 9.53 Å².